The molecule has 0 unspecified atom stereocenters. The number of fused-ring (bicyclic) bond motifs is 1. The lowest BCUT2D eigenvalue weighted by Gasteiger charge is -2.21. The van der Waals surface area contributed by atoms with Crippen LogP contribution >= 0.6 is 0 Å². The highest BCUT2D eigenvalue weighted by Gasteiger charge is 2.21. The summed E-state index contributed by atoms with van der Waals surface area (Å²) in [5.41, 5.74) is 8.86. The number of nitrogens with zero attached hydrogens (tertiary/aromatic N) is 2. The van der Waals surface area contributed by atoms with E-state index >= 15 is 0 Å². The lowest BCUT2D eigenvalue weighted by Crippen LogP contribution is -2.35. The summed E-state index contributed by atoms with van der Waals surface area (Å²) in [6.07, 6.45) is 4.07. The van der Waals surface area contributed by atoms with Crippen molar-refractivity contribution >= 4 is 5.91 Å². The minimum atomic E-state index is -0.546. The van der Waals surface area contributed by atoms with E-state index in [1.807, 2.05) is 6.92 Å². The molecule has 0 spiro atoms. The molecule has 3 N–H and O–H groups in total. The number of benzene rings is 1. The van der Waals surface area contributed by atoms with Gasteiger partial charge in [-0.25, -0.2) is 9.49 Å². The maximum atomic E-state index is 14.3. The van der Waals surface area contributed by atoms with Crippen molar-refractivity contribution in [2.75, 3.05) is 19.6 Å². The van der Waals surface area contributed by atoms with Crippen molar-refractivity contribution in [3.8, 4) is 0 Å². The van der Waals surface area contributed by atoms with Gasteiger partial charge in [-0.1, -0.05) is 6.07 Å². The predicted molar refractivity (Wildman–Crippen MR) is 101 cm³/mol. The number of carbonyl (C=O) groups is 1. The third-order valence-electron chi connectivity index (χ3n) is 5.08. The fourth-order valence-corrected chi connectivity index (χ4v) is 3.64. The molecule has 0 bridgehead atoms. The second-order valence-corrected chi connectivity index (χ2v) is 6.83. The monoisotopic (exact) mass is 372 g/mol. The van der Waals surface area contributed by atoms with Crippen molar-refractivity contribution in [2.45, 2.75) is 39.0 Å². The first-order valence-corrected chi connectivity index (χ1v) is 9.42. The van der Waals surface area contributed by atoms with Crippen molar-refractivity contribution in [3.63, 3.8) is 0 Å². The molecule has 0 saturated heterocycles. The van der Waals surface area contributed by atoms with E-state index in [1.54, 1.807) is 12.1 Å². The van der Waals surface area contributed by atoms with Crippen LogP contribution in [0, 0.1) is 5.82 Å². The van der Waals surface area contributed by atoms with Gasteiger partial charge in [0.2, 0.25) is 0 Å². The Bertz CT molecular complexity index is 894. The topological polar surface area (TPSA) is 92.1 Å². The normalized spacial score (nSPS) is 13.3. The van der Waals surface area contributed by atoms with Crippen molar-refractivity contribution in [3.05, 3.63) is 62.3 Å². The number of halogens is 1. The van der Waals surface area contributed by atoms with Crippen LogP contribution in [-0.4, -0.2) is 40.6 Å². The molecule has 0 fully saturated rings. The van der Waals surface area contributed by atoms with Gasteiger partial charge in [0.25, 0.3) is 11.5 Å². The molecule has 1 aromatic carbocycles. The zero-order valence-electron chi connectivity index (χ0n) is 15.6. The number of carbonyl (C=O) groups excluding carboxylic acids is 1. The first-order chi connectivity index (χ1) is 13.0. The number of aromatic amines is 1. The molecule has 0 atom stereocenters. The van der Waals surface area contributed by atoms with Crippen LogP contribution in [0.3, 0.4) is 0 Å². The summed E-state index contributed by atoms with van der Waals surface area (Å²) in [5, 5.41) is 6.79. The second kappa shape index (κ2) is 8.43. The maximum absolute atomic E-state index is 14.3. The van der Waals surface area contributed by atoms with Crippen LogP contribution in [0.15, 0.2) is 23.0 Å². The van der Waals surface area contributed by atoms with Gasteiger partial charge >= 0.3 is 0 Å². The molecule has 1 aromatic heterocycles. The first-order valence-electron chi connectivity index (χ1n) is 9.42. The van der Waals surface area contributed by atoms with Gasteiger partial charge in [0, 0.05) is 31.6 Å². The molecule has 0 radical (unpaired) electrons. The number of amides is 1. The number of nitrogens with two attached hydrogens (primary N) is 1. The standard InChI is InChI=1S/C20H25FN4O2/c1-2-25(10-9-22)20(27)16-11-13(7-8-17(16)21)12-18-14-5-3-4-6-15(14)19(26)24-23-18/h7-8,11H,2-6,9-10,12,22H2,1H3,(H,24,26). The molecule has 6 nitrogen and oxygen atoms in total. The summed E-state index contributed by atoms with van der Waals surface area (Å²) < 4.78 is 14.3. The van der Waals surface area contributed by atoms with E-state index in [0.29, 0.717) is 26.1 Å². The highest BCUT2D eigenvalue weighted by molar-refractivity contribution is 5.94. The van der Waals surface area contributed by atoms with Crippen LogP contribution in [0.1, 0.15) is 52.5 Å². The summed E-state index contributed by atoms with van der Waals surface area (Å²) in [4.78, 5) is 26.2. The van der Waals surface area contributed by atoms with Gasteiger partial charge in [-0.2, -0.15) is 5.10 Å². The predicted octanol–water partition coefficient (Wildman–Crippen LogP) is 1.80. The first kappa shape index (κ1) is 19.2. The second-order valence-electron chi connectivity index (χ2n) is 6.83. The number of rotatable bonds is 6. The van der Waals surface area contributed by atoms with Gasteiger partial charge in [0.1, 0.15) is 5.82 Å². The molecule has 1 aliphatic rings. The van der Waals surface area contributed by atoms with E-state index in [9.17, 15) is 14.0 Å². The summed E-state index contributed by atoms with van der Waals surface area (Å²) in [7, 11) is 0. The molecule has 2 aromatic rings. The van der Waals surface area contributed by atoms with Crippen LogP contribution in [0.25, 0.3) is 0 Å². The molecular weight excluding hydrogens is 347 g/mol. The summed E-state index contributed by atoms with van der Waals surface area (Å²) in [6, 6.07) is 4.56. The van der Waals surface area contributed by atoms with Crippen molar-refractivity contribution in [1.82, 2.24) is 15.1 Å². The maximum Gasteiger partial charge on any atom is 0.267 e. The Hall–Kier alpha value is -2.54. The molecule has 7 heteroatoms. The van der Waals surface area contributed by atoms with E-state index < -0.39 is 5.82 Å². The van der Waals surface area contributed by atoms with Gasteiger partial charge < -0.3 is 10.6 Å². The van der Waals surface area contributed by atoms with Crippen molar-refractivity contribution in [2.24, 2.45) is 5.73 Å². The van der Waals surface area contributed by atoms with Crippen LogP contribution in [0.4, 0.5) is 4.39 Å². The molecule has 1 amide bonds. The van der Waals surface area contributed by atoms with Crippen LogP contribution < -0.4 is 11.3 Å². The Morgan fingerprint density at radius 3 is 2.74 bits per heavy atom. The minimum Gasteiger partial charge on any atom is -0.338 e. The van der Waals surface area contributed by atoms with E-state index in [1.165, 1.54) is 11.0 Å². The summed E-state index contributed by atoms with van der Waals surface area (Å²) in [5.74, 6) is -0.908. The van der Waals surface area contributed by atoms with Gasteiger partial charge in [-0.15, -0.1) is 0 Å². The Balaban J connectivity index is 1.91. The number of likely N-dealkylation sites (N-methyl/N-ethyl adjacent to an activating group) is 1. The minimum absolute atomic E-state index is 0.0427. The third kappa shape index (κ3) is 4.08. The number of hydrogen-bond acceptors (Lipinski definition) is 4. The SMILES string of the molecule is CCN(CCN)C(=O)c1cc(Cc2n[nH]c(=O)c3c2CCCC3)ccc1F. The summed E-state index contributed by atoms with van der Waals surface area (Å²) in [6.45, 7) is 3.02. The molecule has 27 heavy (non-hydrogen) atoms. The number of nitrogens with one attached hydrogen (secondary N) is 1. The van der Waals surface area contributed by atoms with Gasteiger partial charge in [0.05, 0.1) is 11.3 Å². The molecule has 0 saturated carbocycles. The van der Waals surface area contributed by atoms with Gasteiger partial charge in [-0.3, -0.25) is 9.59 Å². The van der Waals surface area contributed by atoms with Crippen LogP contribution in [-0.2, 0) is 19.3 Å². The van der Waals surface area contributed by atoms with Crippen LogP contribution in [0.5, 0.6) is 0 Å². The Kier molecular flexibility index (Phi) is 6.01. The van der Waals surface area contributed by atoms with Crippen molar-refractivity contribution < 1.29 is 9.18 Å². The average molecular weight is 372 g/mol. The molecule has 1 heterocycles. The summed E-state index contributed by atoms with van der Waals surface area (Å²) >= 11 is 0. The molecule has 0 aliphatic heterocycles. The van der Waals surface area contributed by atoms with E-state index in [0.717, 1.165) is 48.1 Å². The smallest absolute Gasteiger partial charge is 0.267 e. The molecular formula is C20H25FN4O2. The number of H-pyrrole nitrogens is 1. The Morgan fingerprint density at radius 1 is 1.30 bits per heavy atom. The average Bonchev–Trinajstić information content (AvgIpc) is 2.69. The lowest BCUT2D eigenvalue weighted by atomic mass is 9.90. The number of aromatic nitrogens is 2. The van der Waals surface area contributed by atoms with E-state index in [2.05, 4.69) is 10.2 Å². The zero-order chi connectivity index (χ0) is 19.4. The van der Waals surface area contributed by atoms with Crippen LogP contribution in [0.2, 0.25) is 0 Å². The molecule has 144 valence electrons. The van der Waals surface area contributed by atoms with E-state index in [-0.39, 0.29) is 17.0 Å². The van der Waals surface area contributed by atoms with E-state index in [4.69, 9.17) is 5.73 Å². The fraction of sp³-hybridized carbons (Fsp3) is 0.450. The number of hydrogen-bond donors (Lipinski definition) is 2. The third-order valence-corrected chi connectivity index (χ3v) is 5.08. The largest absolute Gasteiger partial charge is 0.338 e. The highest BCUT2D eigenvalue weighted by atomic mass is 19.1. The van der Waals surface area contributed by atoms with Gasteiger partial charge in [-0.05, 0) is 55.9 Å². The molecule has 3 rings (SSSR count). The Morgan fingerprint density at radius 2 is 2.04 bits per heavy atom. The Labute approximate surface area is 157 Å². The lowest BCUT2D eigenvalue weighted by molar-refractivity contribution is 0.0764. The molecule has 1 aliphatic carbocycles. The quantitative estimate of drug-likeness (QED) is 0.809. The van der Waals surface area contributed by atoms with Gasteiger partial charge in [0.15, 0.2) is 0 Å². The zero-order valence-corrected chi connectivity index (χ0v) is 15.6. The highest BCUT2D eigenvalue weighted by Crippen LogP contribution is 2.23. The van der Waals surface area contributed by atoms with Crippen molar-refractivity contribution in [1.29, 1.82) is 0 Å². The fourth-order valence-electron chi connectivity index (χ4n) is 3.64.